The molecule has 6 heteroatoms. The molecule has 1 atom stereocenters. The fourth-order valence-corrected chi connectivity index (χ4v) is 6.20. The van der Waals surface area contributed by atoms with Gasteiger partial charge in [0.05, 0.1) is 13.2 Å². The summed E-state index contributed by atoms with van der Waals surface area (Å²) in [5.74, 6) is -0.364. The Bertz CT molecular complexity index is 776. The number of rotatable bonds is 34. The second-order valence-corrected chi connectivity index (χ2v) is 14.0. The molecule has 0 N–H and O–H groups in total. The molecular formula is C42H77NO5. The van der Waals surface area contributed by atoms with E-state index in [9.17, 15) is 9.59 Å². The van der Waals surface area contributed by atoms with Crippen molar-refractivity contribution in [3.63, 3.8) is 0 Å². The van der Waals surface area contributed by atoms with Gasteiger partial charge in [0.1, 0.15) is 12.7 Å². The van der Waals surface area contributed by atoms with E-state index in [0.717, 1.165) is 64.5 Å². The molecule has 0 aromatic carbocycles. The van der Waals surface area contributed by atoms with Crippen LogP contribution in [-0.4, -0.2) is 62.4 Å². The lowest BCUT2D eigenvalue weighted by atomic mass is 10.1. The van der Waals surface area contributed by atoms with Gasteiger partial charge in [-0.15, -0.1) is 0 Å². The van der Waals surface area contributed by atoms with E-state index >= 15 is 0 Å². The Balaban J connectivity index is 2.12. The van der Waals surface area contributed by atoms with E-state index in [-0.39, 0.29) is 18.5 Å². The maximum atomic E-state index is 12.7. The van der Waals surface area contributed by atoms with Crippen LogP contribution in [0.2, 0.25) is 0 Å². The summed E-state index contributed by atoms with van der Waals surface area (Å²) in [7, 11) is 0. The highest BCUT2D eigenvalue weighted by atomic mass is 16.6. The van der Waals surface area contributed by atoms with Gasteiger partial charge in [-0.25, -0.2) is 0 Å². The van der Waals surface area contributed by atoms with Crippen LogP contribution in [0.1, 0.15) is 187 Å². The predicted molar refractivity (Wildman–Crippen MR) is 202 cm³/mol. The molecule has 6 nitrogen and oxygen atoms in total. The minimum absolute atomic E-state index is 0.137. The molecule has 0 saturated carbocycles. The Morgan fingerprint density at radius 3 is 1.42 bits per heavy atom. The second kappa shape index (κ2) is 35.2. The largest absolute Gasteiger partial charge is 0.462 e. The van der Waals surface area contributed by atoms with Crippen LogP contribution in [0.25, 0.3) is 0 Å². The van der Waals surface area contributed by atoms with Crippen molar-refractivity contribution in [1.82, 2.24) is 4.90 Å². The first kappa shape index (κ1) is 44.4. The van der Waals surface area contributed by atoms with Gasteiger partial charge < -0.3 is 14.2 Å². The van der Waals surface area contributed by atoms with Crippen LogP contribution >= 0.6 is 0 Å². The smallest absolute Gasteiger partial charge is 0.306 e. The fourth-order valence-electron chi connectivity index (χ4n) is 6.20. The summed E-state index contributed by atoms with van der Waals surface area (Å²) in [5, 5.41) is 0. The molecule has 1 heterocycles. The third-order valence-corrected chi connectivity index (χ3v) is 9.33. The molecule has 0 bridgehead atoms. The summed E-state index contributed by atoms with van der Waals surface area (Å²) in [6, 6.07) is 0. The molecule has 1 unspecified atom stereocenters. The Kier molecular flexibility index (Phi) is 32.5. The maximum Gasteiger partial charge on any atom is 0.306 e. The molecule has 48 heavy (non-hydrogen) atoms. The lowest BCUT2D eigenvalue weighted by molar-refractivity contribution is -0.161. The molecule has 1 aliphatic heterocycles. The lowest BCUT2D eigenvalue weighted by Crippen LogP contribution is -2.43. The van der Waals surface area contributed by atoms with E-state index in [0.29, 0.717) is 32.6 Å². The van der Waals surface area contributed by atoms with Gasteiger partial charge in [-0.2, -0.15) is 0 Å². The molecule has 1 rings (SSSR count). The van der Waals surface area contributed by atoms with Crippen molar-refractivity contribution in [3.8, 4) is 0 Å². The molecule has 280 valence electrons. The van der Waals surface area contributed by atoms with Crippen molar-refractivity contribution >= 4 is 11.9 Å². The molecule has 0 spiro atoms. The van der Waals surface area contributed by atoms with Gasteiger partial charge in [-0.05, 0) is 64.2 Å². The Morgan fingerprint density at radius 2 is 0.958 bits per heavy atom. The summed E-state index contributed by atoms with van der Waals surface area (Å²) >= 11 is 0. The van der Waals surface area contributed by atoms with Crippen LogP contribution in [0, 0.1) is 0 Å². The standard InChI is InChI=1S/C42H77NO5/c1-3-5-7-9-11-13-15-17-19-21-22-24-26-28-30-32-41(44)47-39-40(38-43-34-36-46-37-35-43)48-42(45)33-31-29-27-25-23-20-18-16-14-12-10-8-6-4-2/h17-20,40H,3-16,21-39H2,1-2H3/b19-17+,20-18+. The van der Waals surface area contributed by atoms with Gasteiger partial charge in [0, 0.05) is 32.5 Å². The monoisotopic (exact) mass is 676 g/mol. The van der Waals surface area contributed by atoms with E-state index < -0.39 is 6.10 Å². The quantitative estimate of drug-likeness (QED) is 0.0384. The number of hydrogen-bond acceptors (Lipinski definition) is 6. The van der Waals surface area contributed by atoms with Gasteiger partial charge in [-0.1, -0.05) is 134 Å². The number of ether oxygens (including phenoxy) is 3. The topological polar surface area (TPSA) is 65.1 Å². The van der Waals surface area contributed by atoms with Gasteiger partial charge in [0.25, 0.3) is 0 Å². The average Bonchev–Trinajstić information content (AvgIpc) is 3.09. The lowest BCUT2D eigenvalue weighted by Gasteiger charge is -2.30. The molecule has 0 aromatic heterocycles. The Morgan fingerprint density at radius 1 is 0.562 bits per heavy atom. The molecule has 0 amide bonds. The second-order valence-electron chi connectivity index (χ2n) is 14.0. The first-order valence-electron chi connectivity index (χ1n) is 20.6. The summed E-state index contributed by atoms with van der Waals surface area (Å²) in [5.41, 5.74) is 0. The number of carbonyl (C=O) groups is 2. The van der Waals surface area contributed by atoms with Crippen LogP contribution in [0.3, 0.4) is 0 Å². The summed E-state index contributed by atoms with van der Waals surface area (Å²) in [6.07, 6.45) is 40.5. The zero-order valence-electron chi connectivity index (χ0n) is 31.7. The van der Waals surface area contributed by atoms with Crippen LogP contribution < -0.4 is 0 Å². The van der Waals surface area contributed by atoms with Gasteiger partial charge in [0.2, 0.25) is 0 Å². The number of hydrogen-bond donors (Lipinski definition) is 0. The van der Waals surface area contributed by atoms with Crippen molar-refractivity contribution < 1.29 is 23.8 Å². The SMILES string of the molecule is CCCCCCCC/C=C/CCCCCCCC(=O)OCC(CN1CCOCC1)OC(=O)CCCCCC/C=C/CCCCCCCC. The average molecular weight is 676 g/mol. The van der Waals surface area contributed by atoms with Crippen molar-refractivity contribution in [3.05, 3.63) is 24.3 Å². The molecule has 0 aliphatic carbocycles. The summed E-state index contributed by atoms with van der Waals surface area (Å²) < 4.78 is 16.9. The summed E-state index contributed by atoms with van der Waals surface area (Å²) in [6.45, 7) is 8.24. The number of nitrogens with zero attached hydrogens (tertiary/aromatic N) is 1. The first-order valence-corrected chi connectivity index (χ1v) is 20.6. The fraction of sp³-hybridized carbons (Fsp3) is 0.857. The molecule has 0 aromatic rings. The number of carbonyl (C=O) groups excluding carboxylic acids is 2. The molecule has 1 saturated heterocycles. The minimum Gasteiger partial charge on any atom is -0.462 e. The zero-order chi connectivity index (χ0) is 34.6. The number of allylic oxidation sites excluding steroid dienone is 4. The van der Waals surface area contributed by atoms with Crippen LogP contribution in [0.15, 0.2) is 24.3 Å². The van der Waals surface area contributed by atoms with Gasteiger partial charge in [0.15, 0.2) is 0 Å². The Hall–Kier alpha value is -1.66. The van der Waals surface area contributed by atoms with Crippen LogP contribution in [-0.2, 0) is 23.8 Å². The highest BCUT2D eigenvalue weighted by molar-refractivity contribution is 5.70. The van der Waals surface area contributed by atoms with E-state index in [1.165, 1.54) is 109 Å². The molecule has 0 radical (unpaired) electrons. The van der Waals surface area contributed by atoms with Crippen molar-refractivity contribution in [2.24, 2.45) is 0 Å². The van der Waals surface area contributed by atoms with Crippen molar-refractivity contribution in [1.29, 1.82) is 0 Å². The number of unbranched alkanes of at least 4 members (excludes halogenated alkanes) is 21. The number of esters is 2. The first-order chi connectivity index (χ1) is 23.7. The van der Waals surface area contributed by atoms with Crippen LogP contribution in [0.5, 0.6) is 0 Å². The highest BCUT2D eigenvalue weighted by Crippen LogP contribution is 2.13. The number of morpholine rings is 1. The van der Waals surface area contributed by atoms with Crippen molar-refractivity contribution in [2.75, 3.05) is 39.5 Å². The minimum atomic E-state index is -0.426. The van der Waals surface area contributed by atoms with E-state index in [1.807, 2.05) is 0 Å². The zero-order valence-corrected chi connectivity index (χ0v) is 31.7. The third kappa shape index (κ3) is 30.4. The highest BCUT2D eigenvalue weighted by Gasteiger charge is 2.22. The van der Waals surface area contributed by atoms with Gasteiger partial charge in [-0.3, -0.25) is 14.5 Å². The third-order valence-electron chi connectivity index (χ3n) is 9.33. The van der Waals surface area contributed by atoms with E-state index in [2.05, 4.69) is 43.1 Å². The maximum absolute atomic E-state index is 12.7. The van der Waals surface area contributed by atoms with Crippen LogP contribution in [0.4, 0.5) is 0 Å². The molecular weight excluding hydrogens is 598 g/mol. The van der Waals surface area contributed by atoms with Crippen molar-refractivity contribution in [2.45, 2.75) is 193 Å². The molecule has 1 aliphatic rings. The Labute approximate surface area is 297 Å². The van der Waals surface area contributed by atoms with E-state index in [4.69, 9.17) is 14.2 Å². The predicted octanol–water partition coefficient (Wildman–Crippen LogP) is 11.5. The van der Waals surface area contributed by atoms with Gasteiger partial charge >= 0.3 is 11.9 Å². The normalized spacial score (nSPS) is 14.6. The summed E-state index contributed by atoms with van der Waals surface area (Å²) in [4.78, 5) is 27.4. The molecule has 1 fully saturated rings. The van der Waals surface area contributed by atoms with E-state index in [1.54, 1.807) is 0 Å².